The molecule has 24 heavy (non-hydrogen) atoms. The van der Waals surface area contributed by atoms with E-state index in [1.165, 1.54) is 16.9 Å². The van der Waals surface area contributed by atoms with Crippen LogP contribution in [-0.4, -0.2) is 34.9 Å². The lowest BCUT2D eigenvalue weighted by Gasteiger charge is -2.33. The predicted molar refractivity (Wildman–Crippen MR) is 98.4 cm³/mol. The van der Waals surface area contributed by atoms with Crippen LogP contribution in [0.5, 0.6) is 0 Å². The summed E-state index contributed by atoms with van der Waals surface area (Å²) < 4.78 is 0. The summed E-state index contributed by atoms with van der Waals surface area (Å²) in [5, 5.41) is 1.01. The highest BCUT2D eigenvalue weighted by atomic mass is 32.1. The number of nitrogens with zero attached hydrogens (tertiary/aromatic N) is 2. The highest BCUT2D eigenvalue weighted by Gasteiger charge is 2.27. The van der Waals surface area contributed by atoms with Gasteiger partial charge in [0, 0.05) is 25.6 Å². The van der Waals surface area contributed by atoms with E-state index in [-0.39, 0.29) is 11.9 Å². The number of piperidine rings is 1. The molecule has 1 aliphatic heterocycles. The van der Waals surface area contributed by atoms with Crippen LogP contribution in [0.2, 0.25) is 0 Å². The summed E-state index contributed by atoms with van der Waals surface area (Å²) in [5.41, 5.74) is 8.07. The van der Waals surface area contributed by atoms with Gasteiger partial charge in [0.25, 0.3) is 5.91 Å². The number of aromatic nitrogens is 1. The maximum Gasteiger partial charge on any atom is 0.265 e. The van der Waals surface area contributed by atoms with Gasteiger partial charge in [-0.3, -0.25) is 4.79 Å². The summed E-state index contributed by atoms with van der Waals surface area (Å²) in [6.45, 7) is 5.60. The van der Waals surface area contributed by atoms with Crippen LogP contribution in [0.15, 0.2) is 30.3 Å². The zero-order valence-electron chi connectivity index (χ0n) is 14.4. The maximum atomic E-state index is 12.8. The van der Waals surface area contributed by atoms with E-state index in [9.17, 15) is 4.79 Å². The molecule has 1 aliphatic rings. The van der Waals surface area contributed by atoms with Crippen LogP contribution >= 0.6 is 11.3 Å². The molecule has 0 aliphatic carbocycles. The van der Waals surface area contributed by atoms with Gasteiger partial charge in [-0.15, -0.1) is 11.3 Å². The van der Waals surface area contributed by atoms with Crippen molar-refractivity contribution in [1.82, 2.24) is 9.88 Å². The summed E-state index contributed by atoms with van der Waals surface area (Å²) in [6.07, 6.45) is 2.78. The summed E-state index contributed by atoms with van der Waals surface area (Å²) >= 11 is 1.54. The third kappa shape index (κ3) is 3.84. The molecule has 1 fully saturated rings. The number of aryl methyl sites for hydroxylation is 1. The van der Waals surface area contributed by atoms with Crippen LogP contribution in [0, 0.1) is 12.8 Å². The summed E-state index contributed by atoms with van der Waals surface area (Å²) in [5.74, 6) is 0.665. The minimum Gasteiger partial charge on any atom is -0.338 e. The van der Waals surface area contributed by atoms with E-state index in [0.717, 1.165) is 47.9 Å². The fourth-order valence-corrected chi connectivity index (χ4v) is 4.34. The molecule has 1 aromatic carbocycles. The van der Waals surface area contributed by atoms with Gasteiger partial charge in [-0.05, 0) is 38.2 Å². The average Bonchev–Trinajstić information content (AvgIpc) is 2.95. The van der Waals surface area contributed by atoms with Gasteiger partial charge in [0.2, 0.25) is 0 Å². The lowest BCUT2D eigenvalue weighted by molar-refractivity contribution is 0.0685. The standard InChI is InChI=1S/C19H25N3OS/c1-13(20)16-8-10-22(11-9-16)19(23)18-14(2)21-17(24-18)12-15-6-4-3-5-7-15/h3-7,13,16H,8-12,20H2,1-2H3. The van der Waals surface area contributed by atoms with Gasteiger partial charge in [0.15, 0.2) is 0 Å². The molecule has 0 bridgehead atoms. The van der Waals surface area contributed by atoms with Crippen LogP contribution in [-0.2, 0) is 6.42 Å². The van der Waals surface area contributed by atoms with Gasteiger partial charge in [-0.25, -0.2) is 4.98 Å². The van der Waals surface area contributed by atoms with Crippen molar-refractivity contribution in [1.29, 1.82) is 0 Å². The Morgan fingerprint density at radius 2 is 2.00 bits per heavy atom. The van der Waals surface area contributed by atoms with E-state index in [1.54, 1.807) is 0 Å². The fourth-order valence-electron chi connectivity index (χ4n) is 3.27. The summed E-state index contributed by atoms with van der Waals surface area (Å²) in [7, 11) is 0. The predicted octanol–water partition coefficient (Wildman–Crippen LogP) is 3.24. The Kier molecular flexibility index (Phi) is 5.31. The molecular weight excluding hydrogens is 318 g/mol. The molecule has 2 heterocycles. The molecule has 1 amide bonds. The van der Waals surface area contributed by atoms with Crippen molar-refractivity contribution in [3.8, 4) is 0 Å². The van der Waals surface area contributed by atoms with Crippen LogP contribution in [0.3, 0.4) is 0 Å². The van der Waals surface area contributed by atoms with E-state index in [1.807, 2.05) is 30.0 Å². The van der Waals surface area contributed by atoms with Crippen molar-refractivity contribution in [2.75, 3.05) is 13.1 Å². The molecule has 1 atom stereocenters. The van der Waals surface area contributed by atoms with E-state index in [2.05, 4.69) is 24.0 Å². The van der Waals surface area contributed by atoms with Crippen LogP contribution in [0.25, 0.3) is 0 Å². The minimum absolute atomic E-state index is 0.132. The number of likely N-dealkylation sites (tertiary alicyclic amines) is 1. The molecule has 5 heteroatoms. The topological polar surface area (TPSA) is 59.2 Å². The molecule has 1 saturated heterocycles. The van der Waals surface area contributed by atoms with Crippen LogP contribution < -0.4 is 5.73 Å². The van der Waals surface area contributed by atoms with Gasteiger partial charge in [0.05, 0.1) is 10.7 Å². The highest BCUT2D eigenvalue weighted by Crippen LogP contribution is 2.26. The third-order valence-corrected chi connectivity index (χ3v) is 5.95. The smallest absolute Gasteiger partial charge is 0.265 e. The van der Waals surface area contributed by atoms with E-state index >= 15 is 0 Å². The Labute approximate surface area is 147 Å². The number of carbonyl (C=O) groups excluding carboxylic acids is 1. The number of amides is 1. The second kappa shape index (κ2) is 7.45. The number of rotatable bonds is 4. The molecule has 1 aromatic heterocycles. The Balaban J connectivity index is 1.68. The molecule has 3 rings (SSSR count). The molecule has 2 aromatic rings. The molecule has 0 radical (unpaired) electrons. The van der Waals surface area contributed by atoms with Gasteiger partial charge < -0.3 is 10.6 Å². The summed E-state index contributed by atoms with van der Waals surface area (Å²) in [4.78, 5) is 20.2. The number of carbonyl (C=O) groups is 1. The highest BCUT2D eigenvalue weighted by molar-refractivity contribution is 7.13. The van der Waals surface area contributed by atoms with E-state index < -0.39 is 0 Å². The lowest BCUT2D eigenvalue weighted by Crippen LogP contribution is -2.42. The number of nitrogens with two attached hydrogens (primary N) is 1. The minimum atomic E-state index is 0.132. The third-order valence-electron chi connectivity index (χ3n) is 4.80. The fraction of sp³-hybridized carbons (Fsp3) is 0.474. The number of benzene rings is 1. The van der Waals surface area contributed by atoms with Crippen molar-refractivity contribution < 1.29 is 4.79 Å². The first-order valence-corrected chi connectivity index (χ1v) is 9.41. The number of hydrogen-bond acceptors (Lipinski definition) is 4. The van der Waals surface area contributed by atoms with Crippen molar-refractivity contribution in [2.45, 2.75) is 39.2 Å². The van der Waals surface area contributed by atoms with E-state index in [4.69, 9.17) is 5.73 Å². The molecular formula is C19H25N3OS. The Bertz CT molecular complexity index is 688. The average molecular weight is 343 g/mol. The van der Waals surface area contributed by atoms with Crippen molar-refractivity contribution in [3.63, 3.8) is 0 Å². The molecule has 0 saturated carbocycles. The van der Waals surface area contributed by atoms with Crippen molar-refractivity contribution in [2.24, 2.45) is 11.7 Å². The van der Waals surface area contributed by atoms with Crippen molar-refractivity contribution >= 4 is 17.2 Å². The number of thiazole rings is 1. The second-order valence-corrected chi connectivity index (χ2v) is 7.76. The Morgan fingerprint density at radius 1 is 1.33 bits per heavy atom. The van der Waals surface area contributed by atoms with Gasteiger partial charge >= 0.3 is 0 Å². The second-order valence-electron chi connectivity index (χ2n) is 6.67. The quantitative estimate of drug-likeness (QED) is 0.927. The summed E-state index contributed by atoms with van der Waals surface area (Å²) in [6, 6.07) is 10.5. The maximum absolute atomic E-state index is 12.8. The Morgan fingerprint density at radius 3 is 2.62 bits per heavy atom. The first kappa shape index (κ1) is 17.1. The largest absolute Gasteiger partial charge is 0.338 e. The molecule has 4 nitrogen and oxygen atoms in total. The SMILES string of the molecule is Cc1nc(Cc2ccccc2)sc1C(=O)N1CCC(C(C)N)CC1. The lowest BCUT2D eigenvalue weighted by atomic mass is 9.91. The van der Waals surface area contributed by atoms with Gasteiger partial charge in [0.1, 0.15) is 4.88 Å². The van der Waals surface area contributed by atoms with Crippen LogP contribution in [0.1, 0.15) is 45.7 Å². The molecule has 1 unspecified atom stereocenters. The van der Waals surface area contributed by atoms with Gasteiger partial charge in [-0.1, -0.05) is 30.3 Å². The Hall–Kier alpha value is -1.72. The number of hydrogen-bond donors (Lipinski definition) is 1. The molecule has 2 N–H and O–H groups in total. The van der Waals surface area contributed by atoms with E-state index in [0.29, 0.717) is 5.92 Å². The normalized spacial score (nSPS) is 17.0. The first-order chi connectivity index (χ1) is 11.5. The zero-order chi connectivity index (χ0) is 17.1. The van der Waals surface area contributed by atoms with Crippen molar-refractivity contribution in [3.05, 3.63) is 51.5 Å². The van der Waals surface area contributed by atoms with Gasteiger partial charge in [-0.2, -0.15) is 0 Å². The molecule has 0 spiro atoms. The zero-order valence-corrected chi connectivity index (χ0v) is 15.2. The molecule has 128 valence electrons. The monoisotopic (exact) mass is 343 g/mol. The van der Waals surface area contributed by atoms with Crippen LogP contribution in [0.4, 0.5) is 0 Å². The first-order valence-electron chi connectivity index (χ1n) is 8.59.